The molecule has 3 saturated carbocycles. The van der Waals surface area contributed by atoms with Gasteiger partial charge < -0.3 is 32.8 Å². The average Bonchev–Trinajstić information content (AvgIpc) is 1.51. The van der Waals surface area contributed by atoms with Crippen LogP contribution in [0.4, 0.5) is 0 Å². The van der Waals surface area contributed by atoms with Crippen molar-refractivity contribution in [1.29, 1.82) is 0 Å². The fourth-order valence-corrected chi connectivity index (χ4v) is 38.9. The van der Waals surface area contributed by atoms with Gasteiger partial charge in [0.15, 0.2) is 0 Å². The van der Waals surface area contributed by atoms with Crippen molar-refractivity contribution in [3.05, 3.63) is 592 Å². The summed E-state index contributed by atoms with van der Waals surface area (Å²) in [6.07, 6.45) is 13.1. The number of nitrogens with zero attached hydrogens (tertiary/aromatic N) is 4. The molecule has 16 heteroatoms. The van der Waals surface area contributed by atoms with Gasteiger partial charge in [-0.1, -0.05) is 340 Å². The van der Waals surface area contributed by atoms with Crippen molar-refractivity contribution in [3.63, 3.8) is 0 Å². The zero-order valence-corrected chi connectivity index (χ0v) is 93.2. The Bertz CT molecular complexity index is 5390. The average molecular weight is 2360 g/mol. The molecule has 4 nitrogen and oxygen atoms in total. The molecule has 3 aliphatic rings. The van der Waals surface area contributed by atoms with Crippen LogP contribution in [0.5, 0.6) is 0 Å². The van der Waals surface area contributed by atoms with Crippen LogP contribution in [0.1, 0.15) is 45.6 Å². The van der Waals surface area contributed by atoms with Gasteiger partial charge in [-0.25, -0.2) is 23.7 Å². The van der Waals surface area contributed by atoms with E-state index in [2.05, 4.69) is 547 Å². The fourth-order valence-electron chi connectivity index (χ4n) is 19.0. The molecule has 0 radical (unpaired) electrons. The summed E-state index contributed by atoms with van der Waals surface area (Å²) in [5.41, 5.74) is 9.73. The van der Waals surface area contributed by atoms with E-state index in [1.54, 1.807) is 0 Å². The Balaban J connectivity index is 0.000000138. The molecule has 3 fully saturated rings. The fraction of sp³-hybridized carbons (Fsp3) is 0.0952. The Labute approximate surface area is 906 Å². The van der Waals surface area contributed by atoms with Crippen molar-refractivity contribution in [1.82, 2.24) is 19.9 Å². The third-order valence-electron chi connectivity index (χ3n) is 26.2. The van der Waals surface area contributed by atoms with E-state index in [0.717, 1.165) is 73.0 Å². The molecular formula is C126H118N4P8Pd4+6. The first kappa shape index (κ1) is 107. The molecular weight excluding hydrogens is 2240 g/mol. The van der Waals surface area contributed by atoms with Gasteiger partial charge in [-0.2, -0.15) is 0 Å². The molecule has 0 amide bonds. The first-order valence-electron chi connectivity index (χ1n) is 48.3. The van der Waals surface area contributed by atoms with Gasteiger partial charge in [0.25, 0.3) is 0 Å². The molecule has 0 aliphatic heterocycles. The number of hydrogen-bond donors (Lipinski definition) is 0. The second-order valence-electron chi connectivity index (χ2n) is 35.5. The monoisotopic (exact) mass is 2360 g/mol. The van der Waals surface area contributed by atoms with Crippen LogP contribution in [0.2, 0.25) is 0 Å². The van der Waals surface area contributed by atoms with Crippen molar-refractivity contribution in [2.45, 2.75) is 49.3 Å². The molecule has 16 aromatic carbocycles. The molecule has 0 unspecified atom stereocenters. The van der Waals surface area contributed by atoms with Crippen LogP contribution in [0, 0.1) is 36.5 Å². The van der Waals surface area contributed by atoms with E-state index >= 15 is 0 Å². The Morgan fingerprint density at radius 3 is 0.275 bits per heavy atom. The summed E-state index contributed by atoms with van der Waals surface area (Å²) in [5, 5.41) is 23.1. The van der Waals surface area contributed by atoms with E-state index in [-0.39, 0.29) is 81.7 Å². The van der Waals surface area contributed by atoms with Crippen molar-refractivity contribution >= 4 is 148 Å². The van der Waals surface area contributed by atoms with Gasteiger partial charge >= 0.3 is 40.8 Å². The third-order valence-corrected chi connectivity index (χ3v) is 48.4. The molecule has 4 aromatic heterocycles. The third kappa shape index (κ3) is 30.0. The van der Waals surface area contributed by atoms with Gasteiger partial charge in [0.05, 0.1) is 198 Å². The van der Waals surface area contributed by atoms with Crippen molar-refractivity contribution in [3.8, 4) is 0 Å². The molecule has 20 aromatic rings. The SMILES string of the molecule is [CH-]1C2C1C1[CH-]C21.[Pd+2].[Pd+2].[Pd].[Pd].c1ccc([PH+](Cc2ccc(C[PH+](c3ccccc3)c3ccccc3)[n-]2)c2ccccc2)cc1.c1ccc([PH+](Cc2ccc(C[PH+](c3ccccc3)c3ccccc3)[n-]2)c2ccccc2)cc1.c1ccc([PH+](Cc2ccc(C[PH+](c3ccccc3)c3ccccc3)[n-]2)c2ccccc2)cc1.c1ccc([PH+](Cc2ccc(C[PH+](c3ccccc3)c3ccccc3)[n-]2)c2ccccc2)cc1. The summed E-state index contributed by atoms with van der Waals surface area (Å²) in [6.45, 7) is 0. The second kappa shape index (κ2) is 55.9. The summed E-state index contributed by atoms with van der Waals surface area (Å²) < 4.78 is 0. The minimum absolute atomic E-state index is 0. The second-order valence-corrected chi connectivity index (χ2v) is 55.2. The predicted octanol–water partition coefficient (Wildman–Crippen LogP) is 22.4. The minimum atomic E-state index is -0.924. The van der Waals surface area contributed by atoms with Gasteiger partial charge in [0, 0.05) is 40.8 Å². The number of aromatic nitrogens is 4. The summed E-state index contributed by atoms with van der Waals surface area (Å²) in [6, 6.07) is 193. The van der Waals surface area contributed by atoms with Crippen LogP contribution in [0.3, 0.4) is 0 Å². The van der Waals surface area contributed by atoms with Crippen molar-refractivity contribution in [2.24, 2.45) is 23.7 Å². The summed E-state index contributed by atoms with van der Waals surface area (Å²) in [5.74, 6) is 4.37. The first-order chi connectivity index (χ1) is 68.4. The zero-order chi connectivity index (χ0) is 92.9. The number of fused-ring (bicyclic) bond motifs is 4. The van der Waals surface area contributed by atoms with Crippen LogP contribution in [-0.4, -0.2) is 0 Å². The van der Waals surface area contributed by atoms with Gasteiger partial charge in [-0.3, -0.25) is 0 Å². The van der Waals surface area contributed by atoms with Crippen molar-refractivity contribution < 1.29 is 81.7 Å². The Hall–Kier alpha value is -9.27. The molecule has 716 valence electrons. The van der Waals surface area contributed by atoms with E-state index in [4.69, 9.17) is 19.9 Å². The predicted molar refractivity (Wildman–Crippen MR) is 615 cm³/mol. The summed E-state index contributed by atoms with van der Waals surface area (Å²) in [7, 11) is -7.39. The largest absolute Gasteiger partial charge is 2.00 e. The van der Waals surface area contributed by atoms with Gasteiger partial charge in [-0.05, 0) is 194 Å². The van der Waals surface area contributed by atoms with E-state index in [1.165, 1.54) is 130 Å². The molecule has 0 N–H and O–H groups in total. The minimum Gasteiger partial charge on any atom is -0.659 e. The van der Waals surface area contributed by atoms with Gasteiger partial charge in [0.2, 0.25) is 0 Å². The normalized spacial score (nSPS) is 13.8. The molecule has 142 heavy (non-hydrogen) atoms. The molecule has 4 heterocycles. The number of hydrogen-bond acceptors (Lipinski definition) is 0. The van der Waals surface area contributed by atoms with Crippen LogP contribution in [-0.2, 0) is 131 Å². The Morgan fingerprint density at radius 1 is 0.127 bits per heavy atom. The van der Waals surface area contributed by atoms with E-state index < -0.39 is 63.4 Å². The zero-order valence-electron chi connectivity index (χ0n) is 79.0. The first-order valence-corrected chi connectivity index (χ1v) is 62.0. The molecule has 0 saturated heterocycles. The number of rotatable bonds is 32. The Kier molecular flexibility index (Phi) is 42.1. The van der Waals surface area contributed by atoms with E-state index in [1.807, 2.05) is 0 Å². The van der Waals surface area contributed by atoms with Crippen LogP contribution in [0.25, 0.3) is 0 Å². The maximum absolute atomic E-state index is 5.14. The maximum Gasteiger partial charge on any atom is 2.00 e. The van der Waals surface area contributed by atoms with Crippen molar-refractivity contribution in [2.75, 3.05) is 0 Å². The van der Waals surface area contributed by atoms with Crippen LogP contribution < -0.4 is 105 Å². The van der Waals surface area contributed by atoms with E-state index in [0.29, 0.717) is 0 Å². The Morgan fingerprint density at radius 2 is 0.204 bits per heavy atom. The summed E-state index contributed by atoms with van der Waals surface area (Å²) >= 11 is 0. The summed E-state index contributed by atoms with van der Waals surface area (Å²) in [4.78, 5) is 20.6. The molecule has 0 bridgehead atoms. The molecule has 0 atom stereocenters. The quantitative estimate of drug-likeness (QED) is 0.0240. The smallest absolute Gasteiger partial charge is 0.659 e. The number of benzene rings is 16. The molecule has 0 spiro atoms. The molecule has 23 rings (SSSR count). The van der Waals surface area contributed by atoms with E-state index in [9.17, 15) is 0 Å². The van der Waals surface area contributed by atoms with Crippen LogP contribution in [0.15, 0.2) is 534 Å². The van der Waals surface area contributed by atoms with Gasteiger partial charge in [-0.15, -0.1) is 45.6 Å². The molecule has 3 aliphatic carbocycles. The van der Waals surface area contributed by atoms with Gasteiger partial charge in [0.1, 0.15) is 0 Å². The maximum atomic E-state index is 5.14. The standard InChI is InChI=1S/4C30H26NP2.C6H6.4Pd/c4*1-5-13-27(14-6-1)32(28-15-7-2-8-16-28)23-25-21-22-26(31-25)24-33(29-17-9-3-10-18-29)30-19-11-4-12-20-30;1-3-4(1)6-2-5(3)6;;;;/h4*1-22H,23-24H2;1-6H;;;;/q4*-1;-2;;;2*+2/p+8. The topological polar surface area (TPSA) is 56.4 Å². The van der Waals surface area contributed by atoms with Crippen LogP contribution >= 0.6 is 63.4 Å².